The van der Waals surface area contributed by atoms with E-state index in [1.807, 2.05) is 45.0 Å². The molecule has 0 bridgehead atoms. The van der Waals surface area contributed by atoms with Crippen molar-refractivity contribution in [1.29, 1.82) is 0 Å². The fourth-order valence-electron chi connectivity index (χ4n) is 4.04. The fourth-order valence-corrected chi connectivity index (χ4v) is 5.94. The number of aryl methyl sites for hydroxylation is 2. The van der Waals surface area contributed by atoms with E-state index in [4.69, 9.17) is 11.6 Å². The number of nitrogens with zero attached hydrogens (tertiary/aromatic N) is 2. The smallest absolute Gasteiger partial charge is 0.264 e. The predicted octanol–water partition coefficient (Wildman–Crippen LogP) is 6.25. The number of halogens is 2. The van der Waals surface area contributed by atoms with Gasteiger partial charge in [-0.3, -0.25) is 13.9 Å². The lowest BCUT2D eigenvalue weighted by Gasteiger charge is -2.33. The summed E-state index contributed by atoms with van der Waals surface area (Å²) in [6.07, 6.45) is 0.732. The van der Waals surface area contributed by atoms with Crippen molar-refractivity contribution in [3.8, 4) is 0 Å². The van der Waals surface area contributed by atoms with E-state index in [2.05, 4.69) is 21.2 Å². The Hall–Kier alpha value is -2.88. The van der Waals surface area contributed by atoms with Crippen molar-refractivity contribution in [1.82, 2.24) is 10.2 Å². The number of benzene rings is 3. The minimum Gasteiger partial charge on any atom is -0.352 e. The Kier molecular flexibility index (Phi) is 10.8. The monoisotopic (exact) mass is 647 g/mol. The predicted molar refractivity (Wildman–Crippen MR) is 164 cm³/mol. The average molecular weight is 649 g/mol. The normalized spacial score (nSPS) is 12.9. The van der Waals surface area contributed by atoms with E-state index < -0.39 is 28.5 Å². The van der Waals surface area contributed by atoms with Crippen LogP contribution in [0.2, 0.25) is 5.02 Å². The van der Waals surface area contributed by atoms with Gasteiger partial charge in [0.25, 0.3) is 10.0 Å². The molecular formula is C30H35BrClN3O4S. The highest BCUT2D eigenvalue weighted by molar-refractivity contribution is 9.10. The largest absolute Gasteiger partial charge is 0.352 e. The minimum absolute atomic E-state index is 0.0484. The Labute approximate surface area is 250 Å². The second kappa shape index (κ2) is 13.7. The summed E-state index contributed by atoms with van der Waals surface area (Å²) in [4.78, 5) is 28.6. The second-order valence-electron chi connectivity index (χ2n) is 9.90. The van der Waals surface area contributed by atoms with Gasteiger partial charge in [-0.15, -0.1) is 0 Å². The molecule has 3 aromatic rings. The zero-order valence-corrected chi connectivity index (χ0v) is 26.5. The molecule has 0 aliphatic carbocycles. The van der Waals surface area contributed by atoms with Gasteiger partial charge in [0.15, 0.2) is 0 Å². The maximum atomic E-state index is 14.0. The van der Waals surface area contributed by atoms with Crippen molar-refractivity contribution in [2.24, 2.45) is 0 Å². The summed E-state index contributed by atoms with van der Waals surface area (Å²) < 4.78 is 29.9. The third-order valence-corrected chi connectivity index (χ3v) is 9.30. The van der Waals surface area contributed by atoms with Crippen LogP contribution >= 0.6 is 27.5 Å². The van der Waals surface area contributed by atoms with Gasteiger partial charge in [0.1, 0.15) is 12.6 Å². The third kappa shape index (κ3) is 7.86. The van der Waals surface area contributed by atoms with Crippen LogP contribution in [-0.2, 0) is 26.2 Å². The van der Waals surface area contributed by atoms with E-state index in [-0.39, 0.29) is 23.4 Å². The number of hydrogen-bond acceptors (Lipinski definition) is 4. The Morgan fingerprint density at radius 2 is 1.60 bits per heavy atom. The molecule has 2 atom stereocenters. The van der Waals surface area contributed by atoms with E-state index in [9.17, 15) is 18.0 Å². The van der Waals surface area contributed by atoms with Crippen molar-refractivity contribution in [2.75, 3.05) is 10.8 Å². The van der Waals surface area contributed by atoms with Gasteiger partial charge in [-0.1, -0.05) is 70.3 Å². The molecular weight excluding hydrogens is 614 g/mol. The molecule has 2 amide bonds. The van der Waals surface area contributed by atoms with Gasteiger partial charge in [0.2, 0.25) is 11.8 Å². The van der Waals surface area contributed by atoms with Crippen molar-refractivity contribution >= 4 is 55.1 Å². The first-order chi connectivity index (χ1) is 18.8. The number of carbonyl (C=O) groups excluding carboxylic acids is 2. The van der Waals surface area contributed by atoms with Crippen molar-refractivity contribution in [3.63, 3.8) is 0 Å². The van der Waals surface area contributed by atoms with Gasteiger partial charge < -0.3 is 10.2 Å². The molecule has 0 saturated carbocycles. The topological polar surface area (TPSA) is 86.8 Å². The fraction of sp³-hybridized carbons (Fsp3) is 0.333. The Morgan fingerprint density at radius 3 is 2.20 bits per heavy atom. The van der Waals surface area contributed by atoms with Crippen LogP contribution in [0.4, 0.5) is 5.69 Å². The van der Waals surface area contributed by atoms with Gasteiger partial charge in [-0.05, 0) is 81.6 Å². The molecule has 0 radical (unpaired) electrons. The molecule has 0 saturated heterocycles. The molecule has 0 spiro atoms. The Balaban J connectivity index is 2.06. The third-order valence-electron chi connectivity index (χ3n) is 6.76. The Bertz CT molecular complexity index is 1450. The summed E-state index contributed by atoms with van der Waals surface area (Å²) in [5.74, 6) is -0.837. The standard InChI is InChI=1S/C30H35BrClN3O4S/c1-6-22(4)33-30(37)23(5)34(18-24-10-12-25(31)13-11-24)29(36)19-35(28-17-26(32)14-9-21(28)3)40(38,39)27-15-7-20(2)8-16-27/h7-17,22-23H,6,18-19H2,1-5H3,(H,33,37)/t22-,23-/m0/s1. The van der Waals surface area contributed by atoms with Gasteiger partial charge in [-0.2, -0.15) is 0 Å². The molecule has 0 heterocycles. The molecule has 1 N–H and O–H groups in total. The maximum absolute atomic E-state index is 14.0. The van der Waals surface area contributed by atoms with E-state index in [0.717, 1.165) is 26.3 Å². The molecule has 3 aromatic carbocycles. The summed E-state index contributed by atoms with van der Waals surface area (Å²) in [7, 11) is -4.17. The van der Waals surface area contributed by atoms with Crippen LogP contribution in [0.5, 0.6) is 0 Å². The first-order valence-electron chi connectivity index (χ1n) is 13.0. The average Bonchev–Trinajstić information content (AvgIpc) is 2.92. The molecule has 10 heteroatoms. The number of carbonyl (C=O) groups is 2. The van der Waals surface area contributed by atoms with Crippen LogP contribution in [0.1, 0.15) is 43.9 Å². The van der Waals surface area contributed by atoms with Crippen molar-refractivity contribution < 1.29 is 18.0 Å². The summed E-state index contributed by atoms with van der Waals surface area (Å²) >= 11 is 9.70. The van der Waals surface area contributed by atoms with Crippen LogP contribution in [0.25, 0.3) is 0 Å². The minimum atomic E-state index is -4.17. The molecule has 7 nitrogen and oxygen atoms in total. The highest BCUT2D eigenvalue weighted by atomic mass is 79.9. The number of hydrogen-bond donors (Lipinski definition) is 1. The first-order valence-corrected chi connectivity index (χ1v) is 15.6. The van der Waals surface area contributed by atoms with Gasteiger partial charge in [-0.25, -0.2) is 8.42 Å². The number of nitrogens with one attached hydrogen (secondary N) is 1. The van der Waals surface area contributed by atoms with Gasteiger partial charge in [0.05, 0.1) is 10.6 Å². The van der Waals surface area contributed by atoms with E-state index >= 15 is 0 Å². The number of rotatable bonds is 11. The molecule has 3 rings (SSSR count). The summed E-state index contributed by atoms with van der Waals surface area (Å²) in [5, 5.41) is 3.27. The summed E-state index contributed by atoms with van der Waals surface area (Å²) in [6.45, 7) is 8.73. The molecule has 0 aromatic heterocycles. The second-order valence-corrected chi connectivity index (χ2v) is 13.1. The lowest BCUT2D eigenvalue weighted by Crippen LogP contribution is -2.52. The summed E-state index contributed by atoms with van der Waals surface area (Å²) in [6, 6.07) is 17.8. The zero-order valence-electron chi connectivity index (χ0n) is 23.3. The first kappa shape index (κ1) is 31.6. The lowest BCUT2D eigenvalue weighted by molar-refractivity contribution is -0.139. The van der Waals surface area contributed by atoms with Crippen LogP contribution in [0.15, 0.2) is 76.1 Å². The number of amides is 2. The SMILES string of the molecule is CC[C@H](C)NC(=O)[C@H](C)N(Cc1ccc(Br)cc1)C(=O)CN(c1cc(Cl)ccc1C)S(=O)(=O)c1ccc(C)cc1. The highest BCUT2D eigenvalue weighted by Gasteiger charge is 2.33. The quantitative estimate of drug-likeness (QED) is 0.267. The molecule has 0 aliphatic heterocycles. The van der Waals surface area contributed by atoms with Gasteiger partial charge >= 0.3 is 0 Å². The van der Waals surface area contributed by atoms with E-state index in [0.29, 0.717) is 16.3 Å². The van der Waals surface area contributed by atoms with Crippen LogP contribution < -0.4 is 9.62 Å². The zero-order chi connectivity index (χ0) is 29.6. The molecule has 0 fully saturated rings. The maximum Gasteiger partial charge on any atom is 0.264 e. The highest BCUT2D eigenvalue weighted by Crippen LogP contribution is 2.30. The Morgan fingerprint density at radius 1 is 0.975 bits per heavy atom. The molecule has 0 aliphatic rings. The van der Waals surface area contributed by atoms with E-state index in [1.165, 1.54) is 23.1 Å². The van der Waals surface area contributed by atoms with Crippen molar-refractivity contribution in [2.45, 2.75) is 64.6 Å². The van der Waals surface area contributed by atoms with Gasteiger partial charge in [0, 0.05) is 22.1 Å². The molecule has 40 heavy (non-hydrogen) atoms. The van der Waals surface area contributed by atoms with E-state index in [1.54, 1.807) is 38.1 Å². The van der Waals surface area contributed by atoms with Crippen molar-refractivity contribution in [3.05, 3.63) is 92.9 Å². The van der Waals surface area contributed by atoms with Crippen LogP contribution in [-0.4, -0.2) is 43.8 Å². The number of anilines is 1. The van der Waals surface area contributed by atoms with Crippen LogP contribution in [0.3, 0.4) is 0 Å². The summed E-state index contributed by atoms with van der Waals surface area (Å²) in [5.41, 5.74) is 2.63. The number of sulfonamides is 1. The van der Waals surface area contributed by atoms with Crippen LogP contribution in [0, 0.1) is 13.8 Å². The molecule has 214 valence electrons. The lowest BCUT2D eigenvalue weighted by atomic mass is 10.1. The molecule has 0 unspecified atom stereocenters.